The molecule has 0 aliphatic carbocycles. The summed E-state index contributed by atoms with van der Waals surface area (Å²) in [5.41, 5.74) is 1.05. The predicted octanol–water partition coefficient (Wildman–Crippen LogP) is 6.10. The van der Waals surface area contributed by atoms with E-state index in [-0.39, 0.29) is 6.61 Å². The summed E-state index contributed by atoms with van der Waals surface area (Å²) in [5.74, 6) is -1.15. The predicted molar refractivity (Wildman–Crippen MR) is 153 cm³/mol. The first-order valence-electron chi connectivity index (χ1n) is 13.3. The Hall–Kier alpha value is -3.84. The van der Waals surface area contributed by atoms with Gasteiger partial charge in [0.05, 0.1) is 12.6 Å². The van der Waals surface area contributed by atoms with E-state index in [0.29, 0.717) is 15.7 Å². The van der Waals surface area contributed by atoms with Crippen LogP contribution in [-0.4, -0.2) is 53.4 Å². The van der Waals surface area contributed by atoms with Gasteiger partial charge < -0.3 is 19.1 Å². The normalized spacial score (nSPS) is 17.7. The average molecular weight is 638 g/mol. The molecule has 2 aliphatic rings. The molecule has 0 radical (unpaired) electrons. The van der Waals surface area contributed by atoms with Crippen LogP contribution >= 0.6 is 23.4 Å². The van der Waals surface area contributed by atoms with Crippen molar-refractivity contribution in [1.29, 1.82) is 0 Å². The number of aromatic nitrogens is 1. The van der Waals surface area contributed by atoms with Gasteiger partial charge in [0, 0.05) is 34.9 Å². The molecular formula is C29H27ClF3N3O6S. The summed E-state index contributed by atoms with van der Waals surface area (Å²) >= 11 is 8.16. The monoisotopic (exact) mass is 637 g/mol. The van der Waals surface area contributed by atoms with Crippen LogP contribution in [0.1, 0.15) is 54.0 Å². The second kappa shape index (κ2) is 12.0. The SMILES string of the molecule is CCOC(=O)OC(C)Oc1c2n(ccc1=O)N([C@@H]1c3ccccc3SCc3c(Cl)cccc31)CN([C@H](C)C(F)(F)F)C2=O. The molecular weight excluding hydrogens is 611 g/mol. The number of amides is 1. The van der Waals surface area contributed by atoms with Crippen LogP contribution < -0.4 is 15.2 Å². The van der Waals surface area contributed by atoms with Gasteiger partial charge >= 0.3 is 12.3 Å². The third-order valence-electron chi connectivity index (χ3n) is 7.16. The number of pyridine rings is 1. The van der Waals surface area contributed by atoms with E-state index in [1.807, 2.05) is 30.3 Å². The van der Waals surface area contributed by atoms with Gasteiger partial charge in [-0.3, -0.25) is 19.3 Å². The van der Waals surface area contributed by atoms with Crippen LogP contribution in [0.4, 0.5) is 18.0 Å². The minimum absolute atomic E-state index is 0.0132. The molecule has 1 amide bonds. The maximum atomic E-state index is 14.1. The van der Waals surface area contributed by atoms with Crippen molar-refractivity contribution in [3.63, 3.8) is 0 Å². The van der Waals surface area contributed by atoms with Crippen molar-refractivity contribution in [2.75, 3.05) is 18.3 Å². The van der Waals surface area contributed by atoms with Crippen molar-refractivity contribution >= 4 is 35.4 Å². The highest BCUT2D eigenvalue weighted by Gasteiger charge is 2.48. The lowest BCUT2D eigenvalue weighted by atomic mass is 9.94. The van der Waals surface area contributed by atoms with Gasteiger partial charge in [0.1, 0.15) is 12.7 Å². The number of fused-ring (bicyclic) bond motifs is 3. The maximum Gasteiger partial charge on any atom is 0.511 e. The topological polar surface area (TPSA) is 90.3 Å². The number of benzene rings is 2. The fourth-order valence-corrected chi connectivity index (χ4v) is 6.55. The number of rotatable bonds is 6. The fourth-order valence-electron chi connectivity index (χ4n) is 5.08. The third-order valence-corrected chi connectivity index (χ3v) is 8.63. The molecule has 14 heteroatoms. The summed E-state index contributed by atoms with van der Waals surface area (Å²) in [7, 11) is 0. The highest BCUT2D eigenvalue weighted by molar-refractivity contribution is 7.98. The van der Waals surface area contributed by atoms with Crippen LogP contribution in [0, 0.1) is 0 Å². The van der Waals surface area contributed by atoms with Crippen molar-refractivity contribution in [3.8, 4) is 5.75 Å². The van der Waals surface area contributed by atoms with Crippen LogP contribution in [0.25, 0.3) is 0 Å². The van der Waals surface area contributed by atoms with Gasteiger partial charge in [0.2, 0.25) is 17.5 Å². The minimum Gasteiger partial charge on any atom is -0.448 e. The summed E-state index contributed by atoms with van der Waals surface area (Å²) in [4.78, 5) is 40.3. The smallest absolute Gasteiger partial charge is 0.448 e. The molecule has 1 unspecified atom stereocenters. The lowest BCUT2D eigenvalue weighted by molar-refractivity contribution is -0.173. The zero-order chi connectivity index (χ0) is 31.1. The van der Waals surface area contributed by atoms with Crippen LogP contribution in [0.15, 0.2) is 64.4 Å². The Morgan fingerprint density at radius 1 is 1.09 bits per heavy atom. The molecule has 0 N–H and O–H groups in total. The standard InChI is InChI=1S/C29H27ClF3N3O6S/c1-4-40-28(39)42-17(3)41-26-22(37)12-13-35-25(26)27(38)34(16(2)29(31,32)33)15-36(35)24-18-9-7-10-21(30)20(18)14-43-23-11-6-5-8-19(23)24/h5-13,16-17,24H,4,14-15H2,1-3H3/t16-,17?,24+/m1/s1. The molecule has 5 rings (SSSR count). The van der Waals surface area contributed by atoms with Crippen LogP contribution in [0.5, 0.6) is 5.75 Å². The Balaban J connectivity index is 1.72. The summed E-state index contributed by atoms with van der Waals surface area (Å²) in [5, 5.41) is 2.06. The number of ether oxygens (including phenoxy) is 3. The number of carbonyl (C=O) groups excluding carboxylic acids is 2. The summed E-state index contributed by atoms with van der Waals surface area (Å²) in [6.07, 6.45) is -5.95. The van der Waals surface area contributed by atoms with E-state index in [0.717, 1.165) is 34.6 Å². The van der Waals surface area contributed by atoms with Gasteiger partial charge in [0.15, 0.2) is 5.69 Å². The molecule has 43 heavy (non-hydrogen) atoms. The Morgan fingerprint density at radius 2 is 1.81 bits per heavy atom. The second-order valence-corrected chi connectivity index (χ2v) is 11.2. The zero-order valence-corrected chi connectivity index (χ0v) is 24.8. The molecule has 0 bridgehead atoms. The van der Waals surface area contributed by atoms with Crippen LogP contribution in [0.2, 0.25) is 5.02 Å². The molecule has 0 spiro atoms. The first kappa shape index (κ1) is 30.6. The van der Waals surface area contributed by atoms with Crippen molar-refractivity contribution in [2.45, 2.75) is 56.0 Å². The Kier molecular flexibility index (Phi) is 8.57. The first-order valence-corrected chi connectivity index (χ1v) is 14.7. The minimum atomic E-state index is -4.78. The van der Waals surface area contributed by atoms with Crippen molar-refractivity contribution in [2.24, 2.45) is 0 Å². The molecule has 2 aliphatic heterocycles. The van der Waals surface area contributed by atoms with E-state index in [1.165, 1.54) is 29.6 Å². The van der Waals surface area contributed by atoms with E-state index in [4.69, 9.17) is 25.8 Å². The maximum absolute atomic E-state index is 14.1. The van der Waals surface area contributed by atoms with E-state index in [1.54, 1.807) is 24.1 Å². The van der Waals surface area contributed by atoms with Gasteiger partial charge in [-0.1, -0.05) is 41.9 Å². The molecule has 1 aromatic heterocycles. The fraction of sp³-hybridized carbons (Fsp3) is 0.345. The third kappa shape index (κ3) is 5.87. The summed E-state index contributed by atoms with van der Waals surface area (Å²) in [6, 6.07) is 11.0. The molecule has 0 fully saturated rings. The highest BCUT2D eigenvalue weighted by Crippen LogP contribution is 2.45. The average Bonchev–Trinajstić information content (AvgIpc) is 3.11. The number of hydrogen-bond acceptors (Lipinski definition) is 8. The number of halogens is 4. The van der Waals surface area contributed by atoms with Gasteiger partial charge in [-0.15, -0.1) is 11.8 Å². The van der Waals surface area contributed by atoms with E-state index >= 15 is 0 Å². The summed E-state index contributed by atoms with van der Waals surface area (Å²) < 4.78 is 59.1. The molecule has 3 atom stereocenters. The van der Waals surface area contributed by atoms with Crippen molar-refractivity contribution in [1.82, 2.24) is 9.58 Å². The summed E-state index contributed by atoms with van der Waals surface area (Å²) in [6.45, 7) is 3.25. The Labute approximate surface area is 254 Å². The van der Waals surface area contributed by atoms with Crippen molar-refractivity contribution in [3.05, 3.63) is 92.4 Å². The molecule has 0 saturated carbocycles. The molecule has 9 nitrogen and oxygen atoms in total. The van der Waals surface area contributed by atoms with Crippen LogP contribution in [0.3, 0.4) is 0 Å². The van der Waals surface area contributed by atoms with Gasteiger partial charge in [-0.2, -0.15) is 13.2 Å². The molecule has 3 aromatic rings. The zero-order valence-electron chi connectivity index (χ0n) is 23.3. The number of carbonyl (C=O) groups is 2. The van der Waals surface area contributed by atoms with Crippen LogP contribution in [-0.2, 0) is 15.2 Å². The number of alkyl halides is 3. The molecule has 228 valence electrons. The van der Waals surface area contributed by atoms with Gasteiger partial charge in [-0.05, 0) is 42.7 Å². The van der Waals surface area contributed by atoms with Gasteiger partial charge in [-0.25, -0.2) is 4.79 Å². The Bertz CT molecular complexity index is 1620. The second-order valence-electron chi connectivity index (χ2n) is 9.80. The quantitative estimate of drug-likeness (QED) is 0.237. The molecule has 0 saturated heterocycles. The highest BCUT2D eigenvalue weighted by atomic mass is 35.5. The number of hydrogen-bond donors (Lipinski definition) is 0. The van der Waals surface area contributed by atoms with Gasteiger partial charge in [0.25, 0.3) is 5.91 Å². The van der Waals surface area contributed by atoms with E-state index < -0.39 is 60.2 Å². The van der Waals surface area contributed by atoms with E-state index in [9.17, 15) is 27.6 Å². The van der Waals surface area contributed by atoms with Crippen molar-refractivity contribution < 1.29 is 37.0 Å². The molecule has 3 heterocycles. The molecule has 2 aromatic carbocycles. The largest absolute Gasteiger partial charge is 0.511 e. The lowest BCUT2D eigenvalue weighted by Crippen LogP contribution is -2.60. The number of nitrogens with zero attached hydrogens (tertiary/aromatic N) is 3. The van der Waals surface area contributed by atoms with E-state index in [2.05, 4.69) is 0 Å². The Morgan fingerprint density at radius 3 is 2.53 bits per heavy atom. The number of thioether (sulfide) groups is 1. The first-order chi connectivity index (χ1) is 20.4. The lowest BCUT2D eigenvalue weighted by Gasteiger charge is -2.46.